The Bertz CT molecular complexity index is 564. The fraction of sp³-hybridized carbons (Fsp3) is 0.312. The fourth-order valence-corrected chi connectivity index (χ4v) is 2.05. The first-order valence-corrected chi connectivity index (χ1v) is 6.42. The van der Waals surface area contributed by atoms with Gasteiger partial charge in [0.15, 0.2) is 0 Å². The van der Waals surface area contributed by atoms with Crippen LogP contribution in [0.4, 0.5) is 0 Å². The molecule has 3 heteroatoms. The van der Waals surface area contributed by atoms with Gasteiger partial charge in [-0.3, -0.25) is 4.98 Å². The zero-order valence-electron chi connectivity index (χ0n) is 11.6. The SMILES string of the molecule is CCOc1cncc(C(C)(O)c2cccc(C)c2)c1. The lowest BCUT2D eigenvalue weighted by Gasteiger charge is -2.25. The van der Waals surface area contributed by atoms with Gasteiger partial charge in [-0.2, -0.15) is 0 Å². The van der Waals surface area contributed by atoms with Crippen molar-refractivity contribution in [2.45, 2.75) is 26.4 Å². The van der Waals surface area contributed by atoms with Crippen LogP contribution in [0, 0.1) is 6.92 Å². The van der Waals surface area contributed by atoms with Crippen molar-refractivity contribution in [3.8, 4) is 5.75 Å². The van der Waals surface area contributed by atoms with Gasteiger partial charge in [0, 0.05) is 11.8 Å². The summed E-state index contributed by atoms with van der Waals surface area (Å²) in [6, 6.07) is 9.68. The van der Waals surface area contributed by atoms with Crippen molar-refractivity contribution in [2.24, 2.45) is 0 Å². The third kappa shape index (κ3) is 2.93. The molecule has 19 heavy (non-hydrogen) atoms. The third-order valence-corrected chi connectivity index (χ3v) is 3.17. The number of hydrogen-bond acceptors (Lipinski definition) is 3. The molecule has 0 spiro atoms. The van der Waals surface area contributed by atoms with Crippen molar-refractivity contribution in [1.29, 1.82) is 0 Å². The first kappa shape index (κ1) is 13.6. The lowest BCUT2D eigenvalue weighted by Crippen LogP contribution is -2.23. The molecule has 0 aliphatic heterocycles. The van der Waals surface area contributed by atoms with Crippen LogP contribution in [0.15, 0.2) is 42.7 Å². The first-order chi connectivity index (χ1) is 9.04. The predicted octanol–water partition coefficient (Wildman–Crippen LogP) is 3.04. The van der Waals surface area contributed by atoms with E-state index in [1.165, 1.54) is 0 Å². The van der Waals surface area contributed by atoms with Crippen LogP contribution in [0.3, 0.4) is 0 Å². The first-order valence-electron chi connectivity index (χ1n) is 6.42. The molecule has 0 bridgehead atoms. The molecule has 0 aliphatic rings. The van der Waals surface area contributed by atoms with E-state index in [-0.39, 0.29) is 0 Å². The molecule has 100 valence electrons. The van der Waals surface area contributed by atoms with Gasteiger partial charge in [0.2, 0.25) is 0 Å². The van der Waals surface area contributed by atoms with E-state index in [0.29, 0.717) is 12.4 Å². The summed E-state index contributed by atoms with van der Waals surface area (Å²) in [5.74, 6) is 0.674. The van der Waals surface area contributed by atoms with Crippen molar-refractivity contribution in [3.05, 3.63) is 59.4 Å². The molecule has 3 nitrogen and oxygen atoms in total. The number of rotatable bonds is 4. The second-order valence-corrected chi connectivity index (χ2v) is 4.78. The van der Waals surface area contributed by atoms with Crippen LogP contribution >= 0.6 is 0 Å². The quantitative estimate of drug-likeness (QED) is 0.915. The Morgan fingerprint density at radius 2 is 2.00 bits per heavy atom. The van der Waals surface area contributed by atoms with Gasteiger partial charge in [-0.15, -0.1) is 0 Å². The molecule has 1 unspecified atom stereocenters. The maximum atomic E-state index is 10.8. The fourth-order valence-electron chi connectivity index (χ4n) is 2.05. The summed E-state index contributed by atoms with van der Waals surface area (Å²) >= 11 is 0. The standard InChI is InChI=1S/C16H19NO2/c1-4-19-15-9-14(10-17-11-15)16(3,18)13-7-5-6-12(2)8-13/h5-11,18H,4H2,1-3H3. The molecule has 0 fully saturated rings. The second kappa shape index (κ2) is 5.41. The molecule has 1 atom stereocenters. The highest BCUT2D eigenvalue weighted by Gasteiger charge is 2.26. The Kier molecular flexibility index (Phi) is 3.86. The molecule has 0 saturated carbocycles. The lowest BCUT2D eigenvalue weighted by atomic mass is 9.88. The second-order valence-electron chi connectivity index (χ2n) is 4.78. The topological polar surface area (TPSA) is 42.4 Å². The number of aromatic nitrogens is 1. The maximum Gasteiger partial charge on any atom is 0.137 e. The van der Waals surface area contributed by atoms with E-state index in [0.717, 1.165) is 16.7 Å². The zero-order valence-corrected chi connectivity index (χ0v) is 11.6. The smallest absolute Gasteiger partial charge is 0.137 e. The average Bonchev–Trinajstić information content (AvgIpc) is 2.39. The lowest BCUT2D eigenvalue weighted by molar-refractivity contribution is 0.101. The third-order valence-electron chi connectivity index (χ3n) is 3.17. The van der Waals surface area contributed by atoms with E-state index in [1.807, 2.05) is 44.2 Å². The van der Waals surface area contributed by atoms with Gasteiger partial charge in [0.25, 0.3) is 0 Å². The van der Waals surface area contributed by atoms with Crippen molar-refractivity contribution in [3.63, 3.8) is 0 Å². The highest BCUT2D eigenvalue weighted by atomic mass is 16.5. The van der Waals surface area contributed by atoms with Gasteiger partial charge >= 0.3 is 0 Å². The molecular formula is C16H19NO2. The predicted molar refractivity (Wildman–Crippen MR) is 75.3 cm³/mol. The summed E-state index contributed by atoms with van der Waals surface area (Å²) in [6.07, 6.45) is 3.32. The minimum atomic E-state index is -1.08. The molecule has 0 amide bonds. The van der Waals surface area contributed by atoms with Crippen molar-refractivity contribution in [2.75, 3.05) is 6.61 Å². The molecule has 0 radical (unpaired) electrons. The molecule has 1 heterocycles. The number of aryl methyl sites for hydroxylation is 1. The summed E-state index contributed by atoms with van der Waals surface area (Å²) in [4.78, 5) is 4.13. The van der Waals surface area contributed by atoms with Gasteiger partial charge in [0.1, 0.15) is 11.4 Å². The monoisotopic (exact) mass is 257 g/mol. The average molecular weight is 257 g/mol. The van der Waals surface area contributed by atoms with Gasteiger partial charge < -0.3 is 9.84 Å². The van der Waals surface area contributed by atoms with Crippen LogP contribution in [0.2, 0.25) is 0 Å². The highest BCUT2D eigenvalue weighted by Crippen LogP contribution is 2.30. The van der Waals surface area contributed by atoms with Crippen LogP contribution in [0.25, 0.3) is 0 Å². The van der Waals surface area contributed by atoms with Crippen LogP contribution in [-0.2, 0) is 5.60 Å². The minimum absolute atomic E-state index is 0.581. The van der Waals surface area contributed by atoms with Crippen molar-refractivity contribution < 1.29 is 9.84 Å². The Morgan fingerprint density at radius 3 is 2.68 bits per heavy atom. The summed E-state index contributed by atoms with van der Waals surface area (Å²) in [5, 5.41) is 10.8. The van der Waals surface area contributed by atoms with E-state index >= 15 is 0 Å². The van der Waals surface area contributed by atoms with Gasteiger partial charge in [0.05, 0.1) is 12.8 Å². The molecular weight excluding hydrogens is 238 g/mol. The molecule has 2 rings (SSSR count). The van der Waals surface area contributed by atoms with E-state index in [2.05, 4.69) is 4.98 Å². The van der Waals surface area contributed by atoms with Crippen molar-refractivity contribution in [1.82, 2.24) is 4.98 Å². The molecule has 2 aromatic rings. The number of benzene rings is 1. The molecule has 0 aliphatic carbocycles. The van der Waals surface area contributed by atoms with Crippen molar-refractivity contribution >= 4 is 0 Å². The summed E-state index contributed by atoms with van der Waals surface area (Å²) in [5.41, 5.74) is 1.62. The molecule has 0 saturated heterocycles. The van der Waals surface area contributed by atoms with E-state index in [4.69, 9.17) is 4.74 Å². The number of ether oxygens (including phenoxy) is 1. The Labute approximate surface area is 113 Å². The van der Waals surface area contributed by atoms with Gasteiger partial charge in [-0.1, -0.05) is 29.8 Å². The van der Waals surface area contributed by atoms with Gasteiger partial charge in [-0.05, 0) is 32.4 Å². The zero-order chi connectivity index (χ0) is 13.9. The summed E-state index contributed by atoms with van der Waals surface area (Å²) in [6.45, 7) is 6.28. The molecule has 1 aromatic heterocycles. The van der Waals surface area contributed by atoms with Crippen LogP contribution in [-0.4, -0.2) is 16.7 Å². The normalized spacial score (nSPS) is 13.9. The Morgan fingerprint density at radius 1 is 1.21 bits per heavy atom. The molecule has 1 N–H and O–H groups in total. The largest absolute Gasteiger partial charge is 0.492 e. The Balaban J connectivity index is 2.41. The van der Waals surface area contributed by atoms with Crippen LogP contribution < -0.4 is 4.74 Å². The van der Waals surface area contributed by atoms with Gasteiger partial charge in [-0.25, -0.2) is 0 Å². The van der Waals surface area contributed by atoms with E-state index in [1.54, 1.807) is 19.3 Å². The highest BCUT2D eigenvalue weighted by molar-refractivity contribution is 5.38. The van der Waals surface area contributed by atoms with E-state index in [9.17, 15) is 5.11 Å². The number of aliphatic hydroxyl groups is 1. The Hall–Kier alpha value is -1.87. The summed E-state index contributed by atoms with van der Waals surface area (Å²) < 4.78 is 5.43. The van der Waals surface area contributed by atoms with E-state index < -0.39 is 5.60 Å². The minimum Gasteiger partial charge on any atom is -0.492 e. The van der Waals surface area contributed by atoms with Crippen LogP contribution in [0.5, 0.6) is 5.75 Å². The van der Waals surface area contributed by atoms with Crippen LogP contribution in [0.1, 0.15) is 30.5 Å². The molecule has 1 aromatic carbocycles. The number of pyridine rings is 1. The maximum absolute atomic E-state index is 10.8. The number of hydrogen-bond donors (Lipinski definition) is 1. The number of nitrogens with zero attached hydrogens (tertiary/aromatic N) is 1. The summed E-state index contributed by atoms with van der Waals surface area (Å²) in [7, 11) is 0.